The van der Waals surface area contributed by atoms with Crippen LogP contribution < -0.4 is 10.1 Å². The highest BCUT2D eigenvalue weighted by atomic mass is 32.2. The molecule has 2 saturated heterocycles. The highest BCUT2D eigenvalue weighted by Crippen LogP contribution is 2.25. The fourth-order valence-corrected chi connectivity index (χ4v) is 6.09. The lowest BCUT2D eigenvalue weighted by atomic mass is 9.98. The number of ether oxygens (including phenoxy) is 1. The lowest BCUT2D eigenvalue weighted by Gasteiger charge is -2.31. The third-order valence-corrected chi connectivity index (χ3v) is 8.43. The third kappa shape index (κ3) is 5.93. The van der Waals surface area contributed by atoms with Gasteiger partial charge in [-0.3, -0.25) is 9.69 Å². The normalized spacial score (nSPS) is 20.0. The predicted molar refractivity (Wildman–Crippen MR) is 127 cm³/mol. The zero-order chi connectivity index (χ0) is 23.3. The monoisotopic (exact) mass is 471 g/mol. The summed E-state index contributed by atoms with van der Waals surface area (Å²) in [7, 11) is -2.10. The Morgan fingerprint density at radius 2 is 1.64 bits per heavy atom. The van der Waals surface area contributed by atoms with Crippen molar-refractivity contribution in [3.05, 3.63) is 59.7 Å². The van der Waals surface area contributed by atoms with E-state index >= 15 is 0 Å². The molecule has 2 aromatic carbocycles. The molecule has 2 aliphatic heterocycles. The molecule has 1 N–H and O–H groups in total. The van der Waals surface area contributed by atoms with Crippen LogP contribution in [-0.2, 0) is 27.9 Å². The molecule has 1 atom stereocenters. The molecule has 2 heterocycles. The van der Waals surface area contributed by atoms with Crippen LogP contribution in [0, 0.1) is 5.92 Å². The quantitative estimate of drug-likeness (QED) is 0.640. The van der Waals surface area contributed by atoms with Gasteiger partial charge in [0.1, 0.15) is 5.75 Å². The number of piperidine rings is 1. The molecule has 0 aromatic heterocycles. The molecule has 33 heavy (non-hydrogen) atoms. The molecule has 0 unspecified atom stereocenters. The summed E-state index contributed by atoms with van der Waals surface area (Å²) in [5.41, 5.74) is 2.34. The highest BCUT2D eigenvalue weighted by Gasteiger charge is 2.33. The largest absolute Gasteiger partial charge is 0.497 e. The number of nitrogens with zero attached hydrogens (tertiary/aromatic N) is 2. The molecule has 0 bridgehead atoms. The van der Waals surface area contributed by atoms with E-state index in [1.807, 2.05) is 0 Å². The van der Waals surface area contributed by atoms with E-state index in [2.05, 4.69) is 34.5 Å². The number of benzene rings is 2. The third-order valence-electron chi connectivity index (χ3n) is 6.55. The van der Waals surface area contributed by atoms with E-state index in [9.17, 15) is 13.2 Å². The van der Waals surface area contributed by atoms with E-state index in [1.165, 1.54) is 35.8 Å². The van der Waals surface area contributed by atoms with E-state index in [0.29, 0.717) is 31.7 Å². The van der Waals surface area contributed by atoms with Gasteiger partial charge in [-0.2, -0.15) is 4.31 Å². The zero-order valence-electron chi connectivity index (χ0n) is 19.2. The Hall–Kier alpha value is -2.42. The van der Waals surface area contributed by atoms with Gasteiger partial charge < -0.3 is 10.1 Å². The van der Waals surface area contributed by atoms with Crippen molar-refractivity contribution < 1.29 is 17.9 Å². The van der Waals surface area contributed by atoms with E-state index < -0.39 is 10.0 Å². The molecule has 0 radical (unpaired) electrons. The van der Waals surface area contributed by atoms with Gasteiger partial charge in [-0.05, 0) is 74.2 Å². The van der Waals surface area contributed by atoms with Crippen molar-refractivity contribution in [2.24, 2.45) is 5.92 Å². The molecule has 2 fully saturated rings. The fourth-order valence-electron chi connectivity index (χ4n) is 4.57. The summed E-state index contributed by atoms with van der Waals surface area (Å²) in [5, 5.41) is 3.00. The Labute approximate surface area is 196 Å². The molecule has 0 aliphatic carbocycles. The maximum Gasteiger partial charge on any atom is 0.243 e. The van der Waals surface area contributed by atoms with Crippen LogP contribution in [0.15, 0.2) is 53.4 Å². The second kappa shape index (κ2) is 10.7. The van der Waals surface area contributed by atoms with Gasteiger partial charge in [0.25, 0.3) is 0 Å². The summed E-state index contributed by atoms with van der Waals surface area (Å²) >= 11 is 0. The van der Waals surface area contributed by atoms with Crippen molar-refractivity contribution in [1.82, 2.24) is 14.5 Å². The number of amides is 1. The first-order chi connectivity index (χ1) is 16.0. The highest BCUT2D eigenvalue weighted by molar-refractivity contribution is 7.89. The molecule has 178 valence electrons. The van der Waals surface area contributed by atoms with E-state index in [1.54, 1.807) is 31.4 Å². The van der Waals surface area contributed by atoms with Crippen LogP contribution in [0.3, 0.4) is 0 Å². The Bertz CT molecular complexity index is 1030. The topological polar surface area (TPSA) is 79.0 Å². The smallest absolute Gasteiger partial charge is 0.243 e. The summed E-state index contributed by atoms with van der Waals surface area (Å²) in [5.74, 6) is 0.168. The second-order valence-corrected chi connectivity index (χ2v) is 10.8. The number of rotatable bonds is 8. The minimum Gasteiger partial charge on any atom is -0.497 e. The molecule has 2 aliphatic rings. The van der Waals surface area contributed by atoms with Crippen LogP contribution in [0.4, 0.5) is 0 Å². The van der Waals surface area contributed by atoms with Gasteiger partial charge in [0.2, 0.25) is 15.9 Å². The van der Waals surface area contributed by atoms with Crippen molar-refractivity contribution in [3.63, 3.8) is 0 Å². The van der Waals surface area contributed by atoms with Crippen molar-refractivity contribution in [3.8, 4) is 5.75 Å². The minimum absolute atomic E-state index is 0.0919. The Morgan fingerprint density at radius 3 is 2.30 bits per heavy atom. The molecule has 7 nitrogen and oxygen atoms in total. The first-order valence-electron chi connectivity index (χ1n) is 11.7. The van der Waals surface area contributed by atoms with Crippen molar-refractivity contribution >= 4 is 15.9 Å². The second-order valence-electron chi connectivity index (χ2n) is 8.90. The average Bonchev–Trinajstić information content (AvgIpc) is 3.36. The van der Waals surface area contributed by atoms with Crippen LogP contribution in [0.1, 0.15) is 36.8 Å². The summed E-state index contributed by atoms with van der Waals surface area (Å²) in [6.07, 6.45) is 3.92. The molecule has 4 rings (SSSR count). The lowest BCUT2D eigenvalue weighted by molar-refractivity contribution is -0.126. The number of carbonyl (C=O) groups is 1. The summed E-state index contributed by atoms with van der Waals surface area (Å²) in [6.45, 7) is 4.40. The molecular weight excluding hydrogens is 438 g/mol. The Balaban J connectivity index is 1.31. The maximum atomic E-state index is 13.0. The summed E-state index contributed by atoms with van der Waals surface area (Å²) in [6, 6.07) is 14.7. The number of sulfonamides is 1. The van der Waals surface area contributed by atoms with Gasteiger partial charge in [-0.15, -0.1) is 0 Å². The lowest BCUT2D eigenvalue weighted by Crippen LogP contribution is -2.45. The van der Waals surface area contributed by atoms with E-state index in [-0.39, 0.29) is 23.3 Å². The molecular formula is C25H33N3O4S. The average molecular weight is 472 g/mol. The van der Waals surface area contributed by atoms with Crippen molar-refractivity contribution in [2.75, 3.05) is 33.3 Å². The molecule has 0 spiro atoms. The van der Waals surface area contributed by atoms with Gasteiger partial charge in [-0.25, -0.2) is 8.42 Å². The molecule has 8 heteroatoms. The van der Waals surface area contributed by atoms with Gasteiger partial charge in [0, 0.05) is 26.2 Å². The van der Waals surface area contributed by atoms with Crippen molar-refractivity contribution in [1.29, 1.82) is 0 Å². The number of nitrogens with one attached hydrogen (secondary N) is 1. The fraction of sp³-hybridized carbons (Fsp3) is 0.480. The first-order valence-corrected chi connectivity index (χ1v) is 13.1. The van der Waals surface area contributed by atoms with Gasteiger partial charge in [-0.1, -0.05) is 24.3 Å². The van der Waals surface area contributed by atoms with Crippen LogP contribution in [-0.4, -0.2) is 56.8 Å². The summed E-state index contributed by atoms with van der Waals surface area (Å²) in [4.78, 5) is 15.5. The predicted octanol–water partition coefficient (Wildman–Crippen LogP) is 3.01. The van der Waals surface area contributed by atoms with Gasteiger partial charge in [0.15, 0.2) is 0 Å². The van der Waals surface area contributed by atoms with Crippen LogP contribution in [0.2, 0.25) is 0 Å². The van der Waals surface area contributed by atoms with Gasteiger partial charge in [0.05, 0.1) is 17.9 Å². The Kier molecular flexibility index (Phi) is 7.67. The van der Waals surface area contributed by atoms with Crippen LogP contribution >= 0.6 is 0 Å². The van der Waals surface area contributed by atoms with Crippen LogP contribution in [0.5, 0.6) is 5.75 Å². The standard InChI is InChI=1S/C25H33N3O4S/c1-32-23-10-12-24(13-11-23)33(30,31)28-16-4-5-22(19-28)25(29)26-17-20-6-8-21(9-7-20)18-27-14-2-3-15-27/h6-13,22H,2-5,14-19H2,1H3,(H,26,29)/t22-/m1/s1. The maximum absolute atomic E-state index is 13.0. The number of likely N-dealkylation sites (tertiary alicyclic amines) is 1. The SMILES string of the molecule is COc1ccc(S(=O)(=O)N2CCC[C@@H](C(=O)NCc3ccc(CN4CCCC4)cc3)C2)cc1. The van der Waals surface area contributed by atoms with Gasteiger partial charge >= 0.3 is 0 Å². The number of methoxy groups -OCH3 is 1. The number of hydrogen-bond donors (Lipinski definition) is 1. The summed E-state index contributed by atoms with van der Waals surface area (Å²) < 4.78 is 32.6. The van der Waals surface area contributed by atoms with Crippen LogP contribution in [0.25, 0.3) is 0 Å². The molecule has 0 saturated carbocycles. The van der Waals surface area contributed by atoms with E-state index in [4.69, 9.17) is 4.74 Å². The zero-order valence-corrected chi connectivity index (χ0v) is 20.0. The van der Waals surface area contributed by atoms with Crippen molar-refractivity contribution in [2.45, 2.75) is 43.7 Å². The first kappa shape index (κ1) is 23.7. The minimum atomic E-state index is -3.64. The number of hydrogen-bond acceptors (Lipinski definition) is 5. The van der Waals surface area contributed by atoms with E-state index in [0.717, 1.165) is 12.1 Å². The molecule has 2 aromatic rings. The Morgan fingerprint density at radius 1 is 0.970 bits per heavy atom. The molecule has 1 amide bonds. The number of carbonyl (C=O) groups excluding carboxylic acids is 1.